The second-order valence-corrected chi connectivity index (χ2v) is 7.45. The topological polar surface area (TPSA) is 66.4 Å². The van der Waals surface area contributed by atoms with E-state index in [2.05, 4.69) is 5.32 Å². The van der Waals surface area contributed by atoms with Crippen LogP contribution < -0.4 is 5.32 Å². The minimum absolute atomic E-state index is 0.134. The number of carboxylic acids is 1. The quantitative estimate of drug-likeness (QED) is 0.841. The molecule has 22 heavy (non-hydrogen) atoms. The lowest BCUT2D eigenvalue weighted by molar-refractivity contribution is -0.148. The van der Waals surface area contributed by atoms with Crippen LogP contribution in [0.25, 0.3) is 0 Å². The second kappa shape index (κ2) is 6.32. The molecule has 1 heterocycles. The van der Waals surface area contributed by atoms with Gasteiger partial charge >= 0.3 is 5.97 Å². The van der Waals surface area contributed by atoms with Crippen LogP contribution in [0.3, 0.4) is 0 Å². The maximum absolute atomic E-state index is 12.6. The number of aliphatic carboxylic acids is 1. The van der Waals surface area contributed by atoms with E-state index in [9.17, 15) is 14.7 Å². The van der Waals surface area contributed by atoms with E-state index < -0.39 is 11.5 Å². The molecule has 2 N–H and O–H groups in total. The van der Waals surface area contributed by atoms with Crippen molar-refractivity contribution in [3.05, 3.63) is 29.8 Å². The van der Waals surface area contributed by atoms with Crippen molar-refractivity contribution in [2.24, 2.45) is 0 Å². The lowest BCUT2D eigenvalue weighted by atomic mass is 9.90. The largest absolute Gasteiger partial charge is 0.480 e. The molecule has 118 valence electrons. The number of hydrogen-bond donors (Lipinski definition) is 2. The van der Waals surface area contributed by atoms with E-state index in [0.717, 1.165) is 30.6 Å². The Kier molecular flexibility index (Phi) is 4.43. The highest BCUT2D eigenvalue weighted by Crippen LogP contribution is 2.37. The molecule has 1 aliphatic carbocycles. The maximum atomic E-state index is 12.6. The van der Waals surface area contributed by atoms with Crippen LogP contribution in [0.15, 0.2) is 29.2 Å². The third kappa shape index (κ3) is 3.00. The van der Waals surface area contributed by atoms with E-state index in [1.54, 1.807) is 11.8 Å². The monoisotopic (exact) mass is 319 g/mol. The van der Waals surface area contributed by atoms with Crippen molar-refractivity contribution in [1.29, 1.82) is 0 Å². The van der Waals surface area contributed by atoms with E-state index in [0.29, 0.717) is 19.3 Å². The van der Waals surface area contributed by atoms with Crippen LogP contribution in [0.4, 0.5) is 0 Å². The summed E-state index contributed by atoms with van der Waals surface area (Å²) < 4.78 is 0. The summed E-state index contributed by atoms with van der Waals surface area (Å²) in [6, 6.07) is 8.00. The average molecular weight is 319 g/mol. The number of nitrogens with one attached hydrogen (secondary N) is 1. The van der Waals surface area contributed by atoms with E-state index in [4.69, 9.17) is 0 Å². The fourth-order valence-electron chi connectivity index (χ4n) is 3.37. The van der Waals surface area contributed by atoms with Crippen LogP contribution in [0, 0.1) is 0 Å². The summed E-state index contributed by atoms with van der Waals surface area (Å²) >= 11 is 1.54. The highest BCUT2D eigenvalue weighted by atomic mass is 32.2. The highest BCUT2D eigenvalue weighted by Gasteiger charge is 2.42. The minimum atomic E-state index is -1.07. The van der Waals surface area contributed by atoms with Gasteiger partial charge in [-0.15, -0.1) is 11.8 Å². The molecular weight excluding hydrogens is 298 g/mol. The molecule has 0 aromatic heterocycles. The first-order valence-electron chi connectivity index (χ1n) is 7.91. The number of hydrogen-bond acceptors (Lipinski definition) is 3. The van der Waals surface area contributed by atoms with Gasteiger partial charge in [-0.05, 0) is 30.9 Å². The summed E-state index contributed by atoms with van der Waals surface area (Å²) in [7, 11) is 0. The van der Waals surface area contributed by atoms with Crippen molar-refractivity contribution in [2.45, 2.75) is 60.6 Å². The molecule has 1 aliphatic heterocycles. The van der Waals surface area contributed by atoms with Gasteiger partial charge in [0.1, 0.15) is 5.54 Å². The van der Waals surface area contributed by atoms with Crippen LogP contribution in [0.2, 0.25) is 0 Å². The van der Waals surface area contributed by atoms with Crippen molar-refractivity contribution < 1.29 is 14.7 Å². The third-order valence-electron chi connectivity index (χ3n) is 4.67. The molecule has 0 saturated heterocycles. The summed E-state index contributed by atoms with van der Waals surface area (Å²) in [6.45, 7) is 0. The fraction of sp³-hybridized carbons (Fsp3) is 0.529. The minimum Gasteiger partial charge on any atom is -0.480 e. The third-order valence-corrected chi connectivity index (χ3v) is 5.99. The molecule has 1 amide bonds. The van der Waals surface area contributed by atoms with Gasteiger partial charge in [-0.2, -0.15) is 0 Å². The molecule has 5 heteroatoms. The zero-order valence-electron chi connectivity index (χ0n) is 12.5. The van der Waals surface area contributed by atoms with Gasteiger partial charge in [0.05, 0.1) is 5.25 Å². The zero-order valence-corrected chi connectivity index (χ0v) is 13.3. The number of benzene rings is 1. The molecule has 1 fully saturated rings. The molecule has 1 saturated carbocycles. The predicted molar refractivity (Wildman–Crippen MR) is 86.0 cm³/mol. The van der Waals surface area contributed by atoms with Crippen molar-refractivity contribution in [2.75, 3.05) is 0 Å². The number of carboxylic acid groups (broad SMARTS) is 1. The Morgan fingerprint density at radius 3 is 2.45 bits per heavy atom. The second-order valence-electron chi connectivity index (χ2n) is 6.21. The van der Waals surface area contributed by atoms with Gasteiger partial charge in [-0.3, -0.25) is 4.79 Å². The molecule has 1 aromatic rings. The Hall–Kier alpha value is -1.49. The number of thioether (sulfide) groups is 1. The Bertz CT molecular complexity index is 554. The smallest absolute Gasteiger partial charge is 0.329 e. The van der Waals surface area contributed by atoms with Gasteiger partial charge in [0.15, 0.2) is 0 Å². The van der Waals surface area contributed by atoms with Gasteiger partial charge in [-0.1, -0.05) is 43.9 Å². The fourth-order valence-corrected chi connectivity index (χ4v) is 4.56. The first kappa shape index (κ1) is 15.4. The molecule has 1 aromatic carbocycles. The molecule has 0 spiro atoms. The summed E-state index contributed by atoms with van der Waals surface area (Å²) in [5.74, 6) is -1.02. The Balaban J connectivity index is 1.71. The van der Waals surface area contributed by atoms with Crippen molar-refractivity contribution in [3.8, 4) is 0 Å². The summed E-state index contributed by atoms with van der Waals surface area (Å²) in [4.78, 5) is 25.5. The molecule has 0 bridgehead atoms. The van der Waals surface area contributed by atoms with Gasteiger partial charge in [0, 0.05) is 4.90 Å². The predicted octanol–water partition coefficient (Wildman–Crippen LogP) is 3.00. The van der Waals surface area contributed by atoms with Crippen molar-refractivity contribution in [1.82, 2.24) is 5.32 Å². The molecule has 2 aliphatic rings. The molecule has 0 radical (unpaired) electrons. The van der Waals surface area contributed by atoms with Gasteiger partial charge in [-0.25, -0.2) is 4.79 Å². The highest BCUT2D eigenvalue weighted by molar-refractivity contribution is 8.01. The Morgan fingerprint density at radius 1 is 1.14 bits per heavy atom. The summed E-state index contributed by atoms with van der Waals surface area (Å²) in [5.41, 5.74) is 0.112. The average Bonchev–Trinajstić information content (AvgIpc) is 2.80. The van der Waals surface area contributed by atoms with Crippen molar-refractivity contribution >= 4 is 23.6 Å². The van der Waals surface area contributed by atoms with Crippen LogP contribution >= 0.6 is 11.8 Å². The van der Waals surface area contributed by atoms with E-state index >= 15 is 0 Å². The molecule has 3 rings (SSSR count). The van der Waals surface area contributed by atoms with E-state index in [1.165, 1.54) is 5.56 Å². The first-order chi connectivity index (χ1) is 10.6. The normalized spacial score (nSPS) is 23.4. The van der Waals surface area contributed by atoms with E-state index in [1.807, 2.05) is 24.3 Å². The number of amides is 1. The lowest BCUT2D eigenvalue weighted by Crippen LogP contribution is -2.56. The number of rotatable bonds is 3. The van der Waals surface area contributed by atoms with Gasteiger partial charge in [0.25, 0.3) is 0 Å². The molecule has 1 unspecified atom stereocenters. The van der Waals surface area contributed by atoms with E-state index in [-0.39, 0.29) is 11.2 Å². The zero-order chi connectivity index (χ0) is 15.6. The summed E-state index contributed by atoms with van der Waals surface area (Å²) in [5, 5.41) is 12.3. The Morgan fingerprint density at radius 2 is 1.82 bits per heavy atom. The van der Waals surface area contributed by atoms with Crippen molar-refractivity contribution in [3.63, 3.8) is 0 Å². The standard InChI is InChI=1S/C17H21NO3S/c19-15(14-11-12-7-3-4-8-13(12)22-14)18-17(16(20)21)9-5-1-2-6-10-17/h3-4,7-8,14H,1-2,5-6,9-11H2,(H,18,19)(H,20,21). The van der Waals surface area contributed by atoms with Gasteiger partial charge in [0.2, 0.25) is 5.91 Å². The van der Waals surface area contributed by atoms with Gasteiger partial charge < -0.3 is 10.4 Å². The number of carbonyl (C=O) groups excluding carboxylic acids is 1. The van der Waals surface area contributed by atoms with Crippen LogP contribution in [0.5, 0.6) is 0 Å². The number of fused-ring (bicyclic) bond motifs is 1. The van der Waals surface area contributed by atoms with Crippen LogP contribution in [0.1, 0.15) is 44.1 Å². The molecular formula is C17H21NO3S. The maximum Gasteiger partial charge on any atom is 0.329 e. The van der Waals surface area contributed by atoms with Crippen LogP contribution in [-0.2, 0) is 16.0 Å². The molecule has 1 atom stereocenters. The number of carbonyl (C=O) groups is 2. The summed E-state index contributed by atoms with van der Waals surface area (Å²) in [6.07, 6.45) is 5.59. The first-order valence-corrected chi connectivity index (χ1v) is 8.79. The molecule has 4 nitrogen and oxygen atoms in total. The Labute approximate surface area is 134 Å². The SMILES string of the molecule is O=C(NC1(C(=O)O)CCCCCC1)C1Cc2ccccc2S1. The lowest BCUT2D eigenvalue weighted by Gasteiger charge is -2.30. The van der Waals surface area contributed by atoms with Crippen LogP contribution in [-0.4, -0.2) is 27.8 Å².